The Balaban J connectivity index is 2.68. The molecule has 2 rings (SSSR count). The number of halogens is 3. The SMILES string of the molecule is Clc1cccc(Cl)c1-c1nsnc1Br. The lowest BCUT2D eigenvalue weighted by molar-refractivity contribution is 1.44. The van der Waals surface area contributed by atoms with E-state index in [4.69, 9.17) is 23.2 Å². The Morgan fingerprint density at radius 2 is 1.79 bits per heavy atom. The number of benzene rings is 1. The van der Waals surface area contributed by atoms with E-state index in [1.54, 1.807) is 18.2 Å². The van der Waals surface area contributed by atoms with Crippen LogP contribution >= 0.6 is 50.9 Å². The zero-order chi connectivity index (χ0) is 10.1. The van der Waals surface area contributed by atoms with Crippen LogP contribution in [-0.4, -0.2) is 8.75 Å². The van der Waals surface area contributed by atoms with Gasteiger partial charge in [-0.1, -0.05) is 29.3 Å². The van der Waals surface area contributed by atoms with Crippen molar-refractivity contribution in [2.45, 2.75) is 0 Å². The van der Waals surface area contributed by atoms with E-state index in [1.165, 1.54) is 0 Å². The summed E-state index contributed by atoms with van der Waals surface area (Å²) in [6, 6.07) is 5.34. The van der Waals surface area contributed by atoms with Gasteiger partial charge >= 0.3 is 0 Å². The average molecular weight is 310 g/mol. The van der Waals surface area contributed by atoms with Crippen LogP contribution in [0.3, 0.4) is 0 Å². The standard InChI is InChI=1S/C8H3BrCl2N2S/c9-8-7(12-14-13-8)6-4(10)2-1-3-5(6)11/h1-3H. The quantitative estimate of drug-likeness (QED) is 0.786. The monoisotopic (exact) mass is 308 g/mol. The van der Waals surface area contributed by atoms with Crippen molar-refractivity contribution in [3.8, 4) is 11.3 Å². The van der Waals surface area contributed by atoms with Crippen molar-refractivity contribution in [3.63, 3.8) is 0 Å². The molecule has 72 valence electrons. The summed E-state index contributed by atoms with van der Waals surface area (Å²) in [5.74, 6) is 0. The lowest BCUT2D eigenvalue weighted by Crippen LogP contribution is -1.82. The minimum atomic E-state index is 0.575. The molecule has 0 bridgehead atoms. The first-order valence-electron chi connectivity index (χ1n) is 3.62. The highest BCUT2D eigenvalue weighted by Crippen LogP contribution is 2.36. The Hall–Kier alpha value is -0.160. The minimum Gasteiger partial charge on any atom is -0.172 e. The molecule has 0 amide bonds. The maximum Gasteiger partial charge on any atom is 0.148 e. The topological polar surface area (TPSA) is 25.8 Å². The highest BCUT2D eigenvalue weighted by Gasteiger charge is 2.14. The van der Waals surface area contributed by atoms with Crippen LogP contribution in [0.5, 0.6) is 0 Å². The van der Waals surface area contributed by atoms with Gasteiger partial charge in [-0.25, -0.2) is 0 Å². The van der Waals surface area contributed by atoms with E-state index in [-0.39, 0.29) is 0 Å². The third-order valence-corrected chi connectivity index (χ3v) is 3.59. The molecule has 1 aromatic heterocycles. The van der Waals surface area contributed by atoms with Gasteiger partial charge in [0, 0.05) is 5.56 Å². The molecule has 0 fully saturated rings. The predicted octanol–water partition coefficient (Wildman–Crippen LogP) is 4.27. The van der Waals surface area contributed by atoms with Gasteiger partial charge in [0.1, 0.15) is 10.3 Å². The minimum absolute atomic E-state index is 0.575. The first kappa shape index (κ1) is 10.4. The maximum absolute atomic E-state index is 6.02. The molecule has 0 aliphatic heterocycles. The number of aromatic nitrogens is 2. The second-order valence-electron chi connectivity index (χ2n) is 2.50. The molecular weight excluding hydrogens is 307 g/mol. The summed E-state index contributed by atoms with van der Waals surface area (Å²) in [6.45, 7) is 0. The van der Waals surface area contributed by atoms with Crippen LogP contribution in [0.15, 0.2) is 22.8 Å². The van der Waals surface area contributed by atoms with E-state index >= 15 is 0 Å². The van der Waals surface area contributed by atoms with Crippen molar-refractivity contribution in [3.05, 3.63) is 32.8 Å². The summed E-state index contributed by atoms with van der Waals surface area (Å²) in [5, 5.41) is 1.15. The molecule has 0 saturated carbocycles. The molecule has 0 radical (unpaired) electrons. The number of nitrogens with zero attached hydrogens (tertiary/aromatic N) is 2. The number of hydrogen-bond acceptors (Lipinski definition) is 3. The highest BCUT2D eigenvalue weighted by atomic mass is 79.9. The maximum atomic E-state index is 6.02. The lowest BCUT2D eigenvalue weighted by Gasteiger charge is -2.02. The third kappa shape index (κ3) is 1.80. The van der Waals surface area contributed by atoms with E-state index in [0.717, 1.165) is 17.3 Å². The van der Waals surface area contributed by atoms with Gasteiger partial charge in [-0.3, -0.25) is 0 Å². The second kappa shape index (κ2) is 4.14. The summed E-state index contributed by atoms with van der Waals surface area (Å²) in [6.07, 6.45) is 0. The van der Waals surface area contributed by atoms with Crippen LogP contribution in [0.2, 0.25) is 10.0 Å². The van der Waals surface area contributed by atoms with Crippen molar-refractivity contribution in [2.75, 3.05) is 0 Å². The summed E-state index contributed by atoms with van der Waals surface area (Å²) < 4.78 is 8.79. The van der Waals surface area contributed by atoms with Crippen LogP contribution in [0.4, 0.5) is 0 Å². The molecule has 0 spiro atoms. The first-order chi connectivity index (χ1) is 6.70. The Morgan fingerprint density at radius 3 is 2.29 bits per heavy atom. The van der Waals surface area contributed by atoms with E-state index in [1.807, 2.05) is 0 Å². The number of hydrogen-bond donors (Lipinski definition) is 0. The smallest absolute Gasteiger partial charge is 0.148 e. The normalized spacial score (nSPS) is 10.5. The van der Waals surface area contributed by atoms with Crippen LogP contribution in [0.25, 0.3) is 11.3 Å². The molecule has 14 heavy (non-hydrogen) atoms. The van der Waals surface area contributed by atoms with Crippen molar-refractivity contribution in [2.24, 2.45) is 0 Å². The summed E-state index contributed by atoms with van der Waals surface area (Å²) in [4.78, 5) is 0. The van der Waals surface area contributed by atoms with E-state index < -0.39 is 0 Å². The Kier molecular flexibility index (Phi) is 3.07. The van der Waals surface area contributed by atoms with Crippen molar-refractivity contribution < 1.29 is 0 Å². The molecule has 6 heteroatoms. The van der Waals surface area contributed by atoms with Crippen molar-refractivity contribution in [1.29, 1.82) is 0 Å². The van der Waals surface area contributed by atoms with Gasteiger partial charge in [-0.05, 0) is 28.1 Å². The number of rotatable bonds is 1. The van der Waals surface area contributed by atoms with Crippen molar-refractivity contribution in [1.82, 2.24) is 8.75 Å². The largest absolute Gasteiger partial charge is 0.172 e. The summed E-state index contributed by atoms with van der Waals surface area (Å²) in [7, 11) is 0. The average Bonchev–Trinajstić information content (AvgIpc) is 2.52. The molecule has 1 aromatic carbocycles. The van der Waals surface area contributed by atoms with E-state index in [2.05, 4.69) is 24.7 Å². The van der Waals surface area contributed by atoms with Crippen LogP contribution in [0.1, 0.15) is 0 Å². The fraction of sp³-hybridized carbons (Fsp3) is 0. The summed E-state index contributed by atoms with van der Waals surface area (Å²) in [5.41, 5.74) is 1.40. The van der Waals surface area contributed by atoms with Gasteiger partial charge in [0.2, 0.25) is 0 Å². The molecule has 0 unspecified atom stereocenters. The Bertz CT molecular complexity index is 452. The fourth-order valence-corrected chi connectivity index (χ4v) is 2.68. The van der Waals surface area contributed by atoms with Gasteiger partial charge in [0.25, 0.3) is 0 Å². The Labute approximate surface area is 103 Å². The second-order valence-corrected chi connectivity index (χ2v) is 4.59. The van der Waals surface area contributed by atoms with Gasteiger partial charge in [-0.2, -0.15) is 8.75 Å². The Morgan fingerprint density at radius 1 is 1.14 bits per heavy atom. The fourth-order valence-electron chi connectivity index (χ4n) is 1.05. The molecule has 0 aliphatic rings. The predicted molar refractivity (Wildman–Crippen MR) is 63.1 cm³/mol. The van der Waals surface area contributed by atoms with Crippen LogP contribution in [-0.2, 0) is 0 Å². The van der Waals surface area contributed by atoms with Crippen LogP contribution in [0, 0.1) is 0 Å². The summed E-state index contributed by atoms with van der Waals surface area (Å²) >= 11 is 16.5. The molecule has 0 saturated heterocycles. The molecule has 0 aliphatic carbocycles. The van der Waals surface area contributed by atoms with Gasteiger partial charge in [0.05, 0.1) is 21.8 Å². The molecule has 0 atom stereocenters. The van der Waals surface area contributed by atoms with Gasteiger partial charge in [0.15, 0.2) is 0 Å². The molecule has 0 N–H and O–H groups in total. The molecule has 2 aromatic rings. The van der Waals surface area contributed by atoms with E-state index in [9.17, 15) is 0 Å². The van der Waals surface area contributed by atoms with Gasteiger partial charge < -0.3 is 0 Å². The van der Waals surface area contributed by atoms with Gasteiger partial charge in [-0.15, -0.1) is 0 Å². The first-order valence-corrected chi connectivity index (χ1v) is 5.90. The third-order valence-electron chi connectivity index (χ3n) is 1.65. The molecule has 1 heterocycles. The highest BCUT2D eigenvalue weighted by molar-refractivity contribution is 9.10. The zero-order valence-corrected chi connectivity index (χ0v) is 10.6. The molecule has 2 nitrogen and oxygen atoms in total. The zero-order valence-electron chi connectivity index (χ0n) is 6.67. The van der Waals surface area contributed by atoms with E-state index in [0.29, 0.717) is 20.3 Å². The van der Waals surface area contributed by atoms with Crippen LogP contribution < -0.4 is 0 Å². The van der Waals surface area contributed by atoms with Crippen molar-refractivity contribution >= 4 is 50.9 Å². The molecular formula is C8H3BrCl2N2S. The lowest BCUT2D eigenvalue weighted by atomic mass is 10.2.